The first-order valence-corrected chi connectivity index (χ1v) is 9.48. The van der Waals surface area contributed by atoms with Gasteiger partial charge in [0.05, 0.1) is 0 Å². The summed E-state index contributed by atoms with van der Waals surface area (Å²) in [6.45, 7) is 14.4. The number of halogens is 2. The predicted molar refractivity (Wildman–Crippen MR) is 99.9 cm³/mol. The molecule has 6 heteroatoms. The van der Waals surface area contributed by atoms with E-state index in [1.807, 2.05) is 40.7 Å². The minimum atomic E-state index is -4.20. The molecule has 0 aromatic heterocycles. The molecule has 0 spiro atoms. The molecule has 0 aliphatic rings. The molecule has 0 amide bonds. The Balaban J connectivity index is -0.000000304. The average molecular weight is 366 g/mol. The Morgan fingerprint density at radius 3 is 1.67 bits per heavy atom. The van der Waals surface area contributed by atoms with Crippen molar-refractivity contribution in [3.8, 4) is 0 Å². The molecule has 0 bridgehead atoms. The van der Waals surface area contributed by atoms with Crippen LogP contribution in [-0.2, 0) is 20.0 Å². The molecule has 3 nitrogen and oxygen atoms in total. The SMILES string of the molecule is C=C(C)Cc1ccccc1.CC.CC.COP(=O)(OC)C(C)(F)F. The smallest absolute Gasteiger partial charge is 0.308 e. The van der Waals surface area contributed by atoms with Crippen LogP contribution in [0.25, 0.3) is 0 Å². The van der Waals surface area contributed by atoms with Crippen molar-refractivity contribution in [3.05, 3.63) is 48.0 Å². The largest absolute Gasteiger partial charge is 0.398 e. The number of allylic oxidation sites excluding steroid dienone is 1. The third-order valence-electron chi connectivity index (χ3n) is 2.31. The zero-order chi connectivity index (χ0) is 19.8. The van der Waals surface area contributed by atoms with Crippen LogP contribution in [0, 0.1) is 0 Å². The fourth-order valence-electron chi connectivity index (χ4n) is 1.34. The molecule has 24 heavy (non-hydrogen) atoms. The van der Waals surface area contributed by atoms with Gasteiger partial charge in [-0.05, 0) is 18.9 Å². The lowest BCUT2D eigenvalue weighted by atomic mass is 10.1. The summed E-state index contributed by atoms with van der Waals surface area (Å²) in [5.74, 6) is 0. The van der Waals surface area contributed by atoms with Crippen LogP contribution in [0.15, 0.2) is 42.5 Å². The molecule has 1 rings (SSSR count). The molecule has 1 aromatic rings. The third-order valence-corrected chi connectivity index (χ3v) is 4.23. The maximum Gasteiger partial charge on any atom is 0.398 e. The summed E-state index contributed by atoms with van der Waals surface area (Å²) < 4.78 is 43.4. The van der Waals surface area contributed by atoms with Gasteiger partial charge in [-0.25, -0.2) is 0 Å². The van der Waals surface area contributed by atoms with Crippen LogP contribution < -0.4 is 0 Å². The topological polar surface area (TPSA) is 35.5 Å². The van der Waals surface area contributed by atoms with Crippen molar-refractivity contribution in [1.29, 1.82) is 0 Å². The average Bonchev–Trinajstić information content (AvgIpc) is 2.57. The van der Waals surface area contributed by atoms with Crippen LogP contribution in [0.5, 0.6) is 0 Å². The van der Waals surface area contributed by atoms with E-state index in [1.54, 1.807) is 0 Å². The maximum absolute atomic E-state index is 12.3. The van der Waals surface area contributed by atoms with Gasteiger partial charge in [0.15, 0.2) is 0 Å². The van der Waals surface area contributed by atoms with E-state index < -0.39 is 13.3 Å². The van der Waals surface area contributed by atoms with Crippen molar-refractivity contribution >= 4 is 7.60 Å². The van der Waals surface area contributed by atoms with E-state index in [0.29, 0.717) is 6.92 Å². The van der Waals surface area contributed by atoms with Gasteiger partial charge in [-0.1, -0.05) is 70.2 Å². The second kappa shape index (κ2) is 15.5. The molecule has 0 unspecified atom stereocenters. The predicted octanol–water partition coefficient (Wildman–Crippen LogP) is 6.94. The number of benzene rings is 1. The molecule has 0 N–H and O–H groups in total. The highest BCUT2D eigenvalue weighted by Gasteiger charge is 2.47. The first kappa shape index (κ1) is 27.8. The van der Waals surface area contributed by atoms with Crippen molar-refractivity contribution in [3.63, 3.8) is 0 Å². The molecule has 0 atom stereocenters. The molecule has 0 aliphatic heterocycles. The number of alkyl halides is 2. The zero-order valence-electron chi connectivity index (χ0n) is 16.2. The van der Waals surface area contributed by atoms with Crippen molar-refractivity contribution < 1.29 is 22.4 Å². The molecular weight excluding hydrogens is 333 g/mol. The van der Waals surface area contributed by atoms with Gasteiger partial charge in [0.25, 0.3) is 0 Å². The van der Waals surface area contributed by atoms with Gasteiger partial charge < -0.3 is 9.05 Å². The maximum atomic E-state index is 12.3. The highest BCUT2D eigenvalue weighted by atomic mass is 31.2. The fraction of sp³-hybridized carbons (Fsp3) is 0.556. The minimum absolute atomic E-state index is 0.487. The van der Waals surface area contributed by atoms with E-state index in [1.165, 1.54) is 11.1 Å². The van der Waals surface area contributed by atoms with Gasteiger partial charge in [0, 0.05) is 21.1 Å². The Bertz CT molecular complexity index is 449. The molecule has 142 valence electrons. The molecule has 0 saturated carbocycles. The van der Waals surface area contributed by atoms with Crippen LogP contribution in [0.2, 0.25) is 0 Å². The Labute approximate surface area is 146 Å². The Morgan fingerprint density at radius 1 is 1.08 bits per heavy atom. The van der Waals surface area contributed by atoms with Crippen LogP contribution >= 0.6 is 7.60 Å². The standard InChI is InChI=1S/C10H12.C4H9F2O3P.2C2H6/c1-9(2)8-10-6-4-3-5-7-10;1-4(5,6)10(7,8-2)9-3;2*1-2/h3-7H,1,8H2,2H3;1-3H3;2*1-2H3. The quantitative estimate of drug-likeness (QED) is 0.418. The van der Waals surface area contributed by atoms with E-state index in [9.17, 15) is 13.3 Å². The lowest BCUT2D eigenvalue weighted by Gasteiger charge is -2.19. The van der Waals surface area contributed by atoms with Gasteiger partial charge in [-0.15, -0.1) is 0 Å². The highest BCUT2D eigenvalue weighted by Crippen LogP contribution is 2.60. The van der Waals surface area contributed by atoms with Crippen LogP contribution in [0.1, 0.15) is 47.1 Å². The van der Waals surface area contributed by atoms with Crippen molar-refractivity contribution in [2.75, 3.05) is 14.2 Å². The summed E-state index contributed by atoms with van der Waals surface area (Å²) >= 11 is 0. The van der Waals surface area contributed by atoms with Crippen LogP contribution in [-0.4, -0.2) is 19.9 Å². The summed E-state index contributed by atoms with van der Waals surface area (Å²) in [6.07, 6.45) is 1.00. The molecule has 0 fully saturated rings. The first-order chi connectivity index (χ1) is 11.2. The second-order valence-corrected chi connectivity index (χ2v) is 6.83. The van der Waals surface area contributed by atoms with Gasteiger partial charge >= 0.3 is 13.3 Å². The van der Waals surface area contributed by atoms with Gasteiger partial charge in [-0.2, -0.15) is 8.78 Å². The van der Waals surface area contributed by atoms with E-state index >= 15 is 0 Å². The monoisotopic (exact) mass is 366 g/mol. The Kier molecular flexibility index (Phi) is 17.9. The first-order valence-electron chi connectivity index (χ1n) is 7.94. The minimum Gasteiger partial charge on any atom is -0.308 e. The lowest BCUT2D eigenvalue weighted by molar-refractivity contribution is 0.0661. The summed E-state index contributed by atoms with van der Waals surface area (Å²) in [4.78, 5) is 0. The van der Waals surface area contributed by atoms with E-state index in [0.717, 1.165) is 20.6 Å². The summed E-state index contributed by atoms with van der Waals surface area (Å²) in [5, 5.41) is 0. The van der Waals surface area contributed by atoms with E-state index in [2.05, 4.69) is 39.9 Å². The highest BCUT2D eigenvalue weighted by molar-refractivity contribution is 7.55. The van der Waals surface area contributed by atoms with Crippen molar-refractivity contribution in [2.45, 2.75) is 53.6 Å². The normalized spacial score (nSPS) is 10.1. The van der Waals surface area contributed by atoms with Crippen molar-refractivity contribution in [2.24, 2.45) is 0 Å². The van der Waals surface area contributed by atoms with Gasteiger partial charge in [-0.3, -0.25) is 4.57 Å². The second-order valence-electron chi connectivity index (χ2n) is 4.32. The molecular formula is C18H33F2O3P. The molecule has 0 heterocycles. The summed E-state index contributed by atoms with van der Waals surface area (Å²) in [6, 6.07) is 10.4. The van der Waals surface area contributed by atoms with Crippen LogP contribution in [0.4, 0.5) is 8.78 Å². The number of hydrogen-bond donors (Lipinski definition) is 0. The molecule has 0 saturated heterocycles. The van der Waals surface area contributed by atoms with Gasteiger partial charge in [0.1, 0.15) is 0 Å². The lowest BCUT2D eigenvalue weighted by Crippen LogP contribution is -2.13. The Hall–Kier alpha value is -1.03. The number of hydrogen-bond acceptors (Lipinski definition) is 3. The summed E-state index contributed by atoms with van der Waals surface area (Å²) in [5.41, 5.74) is -0.877. The van der Waals surface area contributed by atoms with Gasteiger partial charge in [0.2, 0.25) is 0 Å². The molecule has 0 radical (unpaired) electrons. The summed E-state index contributed by atoms with van der Waals surface area (Å²) in [7, 11) is -2.36. The zero-order valence-corrected chi connectivity index (χ0v) is 17.1. The molecule has 1 aromatic carbocycles. The van der Waals surface area contributed by atoms with E-state index in [-0.39, 0.29) is 0 Å². The fourth-order valence-corrected chi connectivity index (χ4v) is 2.13. The molecule has 0 aliphatic carbocycles. The third kappa shape index (κ3) is 12.4. The van der Waals surface area contributed by atoms with Crippen LogP contribution in [0.3, 0.4) is 0 Å². The Morgan fingerprint density at radius 2 is 1.46 bits per heavy atom. The van der Waals surface area contributed by atoms with Crippen molar-refractivity contribution in [1.82, 2.24) is 0 Å². The van der Waals surface area contributed by atoms with E-state index in [4.69, 9.17) is 0 Å². The number of rotatable bonds is 5.